The fourth-order valence-electron chi connectivity index (χ4n) is 1.90. The summed E-state index contributed by atoms with van der Waals surface area (Å²) < 4.78 is 27.4. The summed E-state index contributed by atoms with van der Waals surface area (Å²) >= 11 is 12.1. The highest BCUT2D eigenvalue weighted by molar-refractivity contribution is 7.92. The summed E-state index contributed by atoms with van der Waals surface area (Å²) in [4.78, 5) is 7.58. The Morgan fingerprint density at radius 3 is 2.23 bits per heavy atom. The number of hydrogen-bond acceptors (Lipinski definition) is 3. The third kappa shape index (κ3) is 5.01. The maximum Gasteiger partial charge on any atom is 0.261 e. The Morgan fingerprint density at radius 2 is 1.65 bits per heavy atom. The maximum absolute atomic E-state index is 12.5. The van der Waals surface area contributed by atoms with Crippen molar-refractivity contribution >= 4 is 56.5 Å². The van der Waals surface area contributed by atoms with Crippen LogP contribution >= 0.6 is 23.2 Å². The highest BCUT2D eigenvalue weighted by Gasteiger charge is 2.17. The fourth-order valence-corrected chi connectivity index (χ4v) is 3.50. The largest absolute Gasteiger partial charge is 0.370 e. The van der Waals surface area contributed by atoms with Gasteiger partial charge in [0.2, 0.25) is 5.96 Å². The Kier molecular flexibility index (Phi) is 5.96. The van der Waals surface area contributed by atoms with Gasteiger partial charge in [-0.3, -0.25) is 4.72 Å². The zero-order chi connectivity index (χ0) is 19.5. The van der Waals surface area contributed by atoms with Gasteiger partial charge >= 0.3 is 0 Å². The minimum Gasteiger partial charge on any atom is -0.370 e. The molecule has 0 radical (unpaired) electrons. The monoisotopic (exact) mass is 414 g/mol. The minimum absolute atomic E-state index is 0.0768. The second-order valence-corrected chi connectivity index (χ2v) is 7.71. The first kappa shape index (κ1) is 19.8. The van der Waals surface area contributed by atoms with Gasteiger partial charge in [-0.05, 0) is 31.2 Å². The zero-order valence-corrected chi connectivity index (χ0v) is 15.9. The molecule has 0 aromatic heterocycles. The number of benzene rings is 2. The number of guanidine groups is 2. The van der Waals surface area contributed by atoms with E-state index in [2.05, 4.69) is 14.7 Å². The lowest BCUT2D eigenvalue weighted by Crippen LogP contribution is -2.26. The molecule has 2 rings (SSSR count). The van der Waals surface area contributed by atoms with Crippen molar-refractivity contribution < 1.29 is 8.42 Å². The molecule has 0 aliphatic heterocycles. The van der Waals surface area contributed by atoms with Gasteiger partial charge < -0.3 is 17.2 Å². The van der Waals surface area contributed by atoms with Crippen LogP contribution in [0.3, 0.4) is 0 Å². The molecule has 0 unspecified atom stereocenters. The molecular weight excluding hydrogens is 399 g/mol. The summed E-state index contributed by atoms with van der Waals surface area (Å²) in [7, 11) is -3.85. The van der Waals surface area contributed by atoms with Crippen LogP contribution in [0.2, 0.25) is 10.0 Å². The maximum atomic E-state index is 12.5. The predicted molar refractivity (Wildman–Crippen MR) is 106 cm³/mol. The van der Waals surface area contributed by atoms with Gasteiger partial charge in [-0.25, -0.2) is 13.4 Å². The van der Waals surface area contributed by atoms with E-state index in [0.29, 0.717) is 0 Å². The summed E-state index contributed by atoms with van der Waals surface area (Å²) in [5.41, 5.74) is 17.2. The fraction of sp³-hybridized carbons (Fsp3) is 0.0667. The third-order valence-corrected chi connectivity index (χ3v) is 5.09. The zero-order valence-electron chi connectivity index (χ0n) is 13.6. The number of aliphatic imine (C=N–C) groups is 2. The van der Waals surface area contributed by atoms with Crippen LogP contribution < -0.4 is 21.9 Å². The molecule has 11 heteroatoms. The van der Waals surface area contributed by atoms with Crippen molar-refractivity contribution in [2.45, 2.75) is 11.8 Å². The van der Waals surface area contributed by atoms with Crippen LogP contribution in [-0.4, -0.2) is 20.3 Å². The number of nitrogens with zero attached hydrogens (tertiary/aromatic N) is 2. The van der Waals surface area contributed by atoms with Gasteiger partial charge in [0, 0.05) is 0 Å². The van der Waals surface area contributed by atoms with E-state index in [1.165, 1.54) is 24.3 Å². The summed E-state index contributed by atoms with van der Waals surface area (Å²) in [6, 6.07) is 8.99. The van der Waals surface area contributed by atoms with Gasteiger partial charge in [-0.1, -0.05) is 40.9 Å². The molecular formula is C15H16Cl2N6O2S. The number of nitrogens with one attached hydrogen (secondary N) is 1. The van der Waals surface area contributed by atoms with Crippen molar-refractivity contribution in [1.29, 1.82) is 0 Å². The molecule has 8 nitrogen and oxygen atoms in total. The van der Waals surface area contributed by atoms with Gasteiger partial charge in [0.1, 0.15) is 0 Å². The number of anilines is 1. The third-order valence-electron chi connectivity index (χ3n) is 3.09. The predicted octanol–water partition coefficient (Wildman–Crippen LogP) is 2.32. The summed E-state index contributed by atoms with van der Waals surface area (Å²) in [5.74, 6) is -0.529. The van der Waals surface area contributed by atoms with Crippen LogP contribution in [0.25, 0.3) is 0 Å². The first-order valence-corrected chi connectivity index (χ1v) is 9.35. The highest BCUT2D eigenvalue weighted by Crippen LogP contribution is 2.35. The Balaban J connectivity index is 2.42. The van der Waals surface area contributed by atoms with E-state index in [0.717, 1.165) is 5.56 Å². The first-order chi connectivity index (χ1) is 12.1. The van der Waals surface area contributed by atoms with Crippen molar-refractivity contribution in [3.8, 4) is 0 Å². The van der Waals surface area contributed by atoms with E-state index in [1.807, 2.05) is 6.92 Å². The highest BCUT2D eigenvalue weighted by atomic mass is 35.5. The lowest BCUT2D eigenvalue weighted by molar-refractivity contribution is 0.601. The summed E-state index contributed by atoms with van der Waals surface area (Å²) in [6.45, 7) is 1.85. The Morgan fingerprint density at radius 1 is 1.04 bits per heavy atom. The van der Waals surface area contributed by atoms with Gasteiger partial charge in [0.05, 0.1) is 26.3 Å². The van der Waals surface area contributed by atoms with Gasteiger partial charge in [0.15, 0.2) is 5.96 Å². The van der Waals surface area contributed by atoms with Crippen molar-refractivity contribution in [1.82, 2.24) is 0 Å². The number of sulfonamides is 1. The number of hydrogen-bond donors (Lipinski definition) is 4. The number of rotatable bonds is 4. The van der Waals surface area contributed by atoms with Crippen LogP contribution in [0.1, 0.15) is 5.56 Å². The lowest BCUT2D eigenvalue weighted by Gasteiger charge is -2.11. The molecule has 138 valence electrons. The molecule has 7 N–H and O–H groups in total. The normalized spacial score (nSPS) is 11.9. The van der Waals surface area contributed by atoms with Crippen molar-refractivity contribution in [3.63, 3.8) is 0 Å². The molecule has 0 aliphatic carbocycles. The number of halogens is 2. The molecule has 2 aromatic rings. The molecule has 0 heterocycles. The average Bonchev–Trinajstić information content (AvgIpc) is 2.51. The topological polar surface area (TPSA) is 149 Å². The van der Waals surface area contributed by atoms with E-state index in [9.17, 15) is 8.42 Å². The van der Waals surface area contributed by atoms with Crippen LogP contribution in [0.5, 0.6) is 0 Å². The Hall–Kier alpha value is -2.49. The number of nitrogens with two attached hydrogens (primary N) is 3. The second-order valence-electron chi connectivity index (χ2n) is 5.21. The van der Waals surface area contributed by atoms with E-state index in [1.54, 1.807) is 12.1 Å². The van der Waals surface area contributed by atoms with Gasteiger partial charge in [0.25, 0.3) is 10.0 Å². The number of aryl methyl sites for hydroxylation is 1. The van der Waals surface area contributed by atoms with Crippen LogP contribution in [-0.2, 0) is 10.0 Å². The minimum atomic E-state index is -3.85. The molecule has 0 spiro atoms. The van der Waals surface area contributed by atoms with E-state index >= 15 is 0 Å². The SMILES string of the molecule is Cc1ccc(S(=O)(=O)Nc2cc(N=C(N)N=C(N)N)c(Cl)cc2Cl)cc1. The Bertz CT molecular complexity index is 984. The standard InChI is InChI=1S/C15H16Cl2N6O2S/c1-8-2-4-9(5-3-8)26(24,25)23-13-7-12(10(16)6-11(13)17)21-15(20)22-14(18)19/h2-7,23H,1H3,(H6,18,19,20,21,22). The van der Waals surface area contributed by atoms with E-state index in [4.69, 9.17) is 40.4 Å². The molecule has 0 aliphatic rings. The van der Waals surface area contributed by atoms with Crippen molar-refractivity contribution in [2.24, 2.45) is 27.2 Å². The molecule has 0 bridgehead atoms. The molecule has 26 heavy (non-hydrogen) atoms. The summed E-state index contributed by atoms with van der Waals surface area (Å²) in [6.07, 6.45) is 0. The molecule has 0 amide bonds. The average molecular weight is 415 g/mol. The quantitative estimate of drug-likeness (QED) is 0.447. The van der Waals surface area contributed by atoms with E-state index in [-0.39, 0.29) is 38.2 Å². The molecule has 0 saturated heterocycles. The van der Waals surface area contributed by atoms with Crippen molar-refractivity contribution in [2.75, 3.05) is 4.72 Å². The van der Waals surface area contributed by atoms with E-state index < -0.39 is 10.0 Å². The molecule has 0 atom stereocenters. The molecule has 2 aromatic carbocycles. The second kappa shape index (κ2) is 7.81. The van der Waals surface area contributed by atoms with Gasteiger partial charge in [-0.2, -0.15) is 4.99 Å². The summed E-state index contributed by atoms with van der Waals surface area (Å²) in [5, 5.41) is 0.229. The van der Waals surface area contributed by atoms with Crippen LogP contribution in [0, 0.1) is 6.92 Å². The molecule has 0 saturated carbocycles. The van der Waals surface area contributed by atoms with Crippen molar-refractivity contribution in [3.05, 3.63) is 52.0 Å². The van der Waals surface area contributed by atoms with Gasteiger partial charge in [-0.15, -0.1) is 0 Å². The smallest absolute Gasteiger partial charge is 0.261 e. The lowest BCUT2D eigenvalue weighted by atomic mass is 10.2. The molecule has 0 fully saturated rings. The van der Waals surface area contributed by atoms with Crippen LogP contribution in [0.4, 0.5) is 11.4 Å². The first-order valence-electron chi connectivity index (χ1n) is 7.11. The Labute approximate surface area is 160 Å². The van der Waals surface area contributed by atoms with Crippen LogP contribution in [0.15, 0.2) is 51.3 Å².